The van der Waals surface area contributed by atoms with Crippen molar-refractivity contribution in [1.82, 2.24) is 9.80 Å². The molecule has 31 heavy (non-hydrogen) atoms. The smallest absolute Gasteiger partial charge is 0.257 e. The maximum Gasteiger partial charge on any atom is 0.257 e. The number of amides is 2. The molecule has 1 spiro atoms. The van der Waals surface area contributed by atoms with Crippen LogP contribution in [-0.2, 0) is 16.1 Å². The second-order valence-corrected chi connectivity index (χ2v) is 9.09. The quantitative estimate of drug-likeness (QED) is 0.630. The Morgan fingerprint density at radius 2 is 1.77 bits per heavy atom. The van der Waals surface area contributed by atoms with E-state index in [0.717, 1.165) is 10.4 Å². The van der Waals surface area contributed by atoms with E-state index in [4.69, 9.17) is 4.74 Å². The Morgan fingerprint density at radius 3 is 2.48 bits per heavy atom. The van der Waals surface area contributed by atoms with Crippen molar-refractivity contribution in [2.45, 2.75) is 18.1 Å². The molecule has 6 heteroatoms. The number of ether oxygens (including phenoxy) is 1. The van der Waals surface area contributed by atoms with Crippen molar-refractivity contribution in [3.8, 4) is 0 Å². The van der Waals surface area contributed by atoms with Crippen molar-refractivity contribution in [1.29, 1.82) is 0 Å². The molecular weight excluding hydrogens is 408 g/mol. The minimum Gasteiger partial charge on any atom is -0.361 e. The first-order chi connectivity index (χ1) is 15.2. The Morgan fingerprint density at radius 1 is 1.03 bits per heavy atom. The van der Waals surface area contributed by atoms with Crippen LogP contribution >= 0.6 is 11.3 Å². The van der Waals surface area contributed by atoms with Crippen LogP contribution in [0.25, 0.3) is 0 Å². The van der Waals surface area contributed by atoms with Crippen molar-refractivity contribution in [2.24, 2.45) is 0 Å². The molecule has 2 atom stereocenters. The Balaban J connectivity index is 1.48. The van der Waals surface area contributed by atoms with Crippen LogP contribution < -0.4 is 0 Å². The zero-order chi connectivity index (χ0) is 21.3. The Hall–Kier alpha value is -2.96. The first-order valence-corrected chi connectivity index (χ1v) is 11.4. The summed E-state index contributed by atoms with van der Waals surface area (Å²) in [5, 5.41) is 2.03. The van der Waals surface area contributed by atoms with Crippen LogP contribution in [0, 0.1) is 0 Å². The van der Waals surface area contributed by atoms with Crippen LogP contribution in [0.1, 0.15) is 26.7 Å². The monoisotopic (exact) mass is 432 g/mol. The van der Waals surface area contributed by atoms with Gasteiger partial charge in [0.25, 0.3) is 11.8 Å². The summed E-state index contributed by atoms with van der Waals surface area (Å²) in [7, 11) is 0. The van der Waals surface area contributed by atoms with Gasteiger partial charge in [-0.3, -0.25) is 9.59 Å². The number of morpholine rings is 1. The molecule has 2 aliphatic rings. The summed E-state index contributed by atoms with van der Waals surface area (Å²) >= 11 is 1.65. The van der Waals surface area contributed by atoms with Crippen molar-refractivity contribution >= 4 is 23.2 Å². The summed E-state index contributed by atoms with van der Waals surface area (Å²) in [4.78, 5) is 31.8. The lowest BCUT2D eigenvalue weighted by Crippen LogP contribution is -2.59. The van der Waals surface area contributed by atoms with Gasteiger partial charge < -0.3 is 14.5 Å². The number of thiophene rings is 1. The normalized spacial score (nSPS) is 23.5. The van der Waals surface area contributed by atoms with Crippen LogP contribution in [0.15, 0.2) is 78.2 Å². The third-order valence-corrected chi connectivity index (χ3v) is 7.06. The van der Waals surface area contributed by atoms with Gasteiger partial charge in [0.05, 0.1) is 19.7 Å². The molecule has 1 aromatic heterocycles. The predicted octanol–water partition coefficient (Wildman–Crippen LogP) is 3.79. The standard InChI is InChI=1S/C25H24N2O3S/c28-23(20-10-5-2-6-11-20)26-13-14-30-25(18-26)22(19-8-3-1-4-9-19)17-27(24(25)29)16-21-12-7-15-31-21/h1-12,15,22H,13-14,16-18H2/t22-,25+/m1/s1. The Bertz CT molecular complexity index is 1050. The largest absolute Gasteiger partial charge is 0.361 e. The molecule has 2 fully saturated rings. The highest BCUT2D eigenvalue weighted by molar-refractivity contribution is 7.09. The van der Waals surface area contributed by atoms with Gasteiger partial charge in [-0.1, -0.05) is 54.6 Å². The lowest BCUT2D eigenvalue weighted by atomic mass is 9.83. The topological polar surface area (TPSA) is 49.9 Å². The molecule has 3 heterocycles. The van der Waals surface area contributed by atoms with Crippen molar-refractivity contribution in [2.75, 3.05) is 26.2 Å². The second-order valence-electron chi connectivity index (χ2n) is 8.06. The van der Waals surface area contributed by atoms with Gasteiger partial charge in [0.1, 0.15) is 0 Å². The average Bonchev–Trinajstić information content (AvgIpc) is 3.43. The maximum atomic E-state index is 13.8. The van der Waals surface area contributed by atoms with Crippen molar-refractivity contribution in [3.63, 3.8) is 0 Å². The molecule has 0 N–H and O–H groups in total. The lowest BCUT2D eigenvalue weighted by molar-refractivity contribution is -0.160. The molecule has 2 saturated heterocycles. The third kappa shape index (κ3) is 3.66. The second kappa shape index (κ2) is 8.29. The van der Waals surface area contributed by atoms with E-state index in [1.807, 2.05) is 70.9 Å². The Kier molecular flexibility index (Phi) is 5.34. The minimum atomic E-state index is -1.05. The summed E-state index contributed by atoms with van der Waals surface area (Å²) in [6.07, 6.45) is 0. The fourth-order valence-corrected chi connectivity index (χ4v) is 5.40. The first-order valence-electron chi connectivity index (χ1n) is 10.5. The zero-order valence-corrected chi connectivity index (χ0v) is 18.0. The van der Waals surface area contributed by atoms with Crippen LogP contribution in [-0.4, -0.2) is 53.5 Å². The van der Waals surface area contributed by atoms with E-state index in [9.17, 15) is 9.59 Å². The average molecular weight is 433 g/mol. The first kappa shape index (κ1) is 20.0. The SMILES string of the molecule is O=C(c1ccccc1)N1CCO[C@]2(C1)C(=O)N(Cc1cccs1)C[C@@H]2c1ccccc1. The summed E-state index contributed by atoms with van der Waals surface area (Å²) in [6, 6.07) is 23.4. The molecule has 5 rings (SSSR count). The van der Waals surface area contributed by atoms with E-state index in [-0.39, 0.29) is 24.3 Å². The molecule has 3 aromatic rings. The number of carbonyl (C=O) groups excluding carboxylic acids is 2. The van der Waals surface area contributed by atoms with E-state index < -0.39 is 5.60 Å². The number of nitrogens with zero attached hydrogens (tertiary/aromatic N) is 2. The number of hydrogen-bond acceptors (Lipinski definition) is 4. The predicted molar refractivity (Wildman–Crippen MR) is 120 cm³/mol. The molecule has 0 radical (unpaired) electrons. The number of carbonyl (C=O) groups is 2. The van der Waals surface area contributed by atoms with Gasteiger partial charge in [0.2, 0.25) is 0 Å². The third-order valence-electron chi connectivity index (χ3n) is 6.20. The number of benzene rings is 2. The molecule has 2 aromatic carbocycles. The zero-order valence-electron chi connectivity index (χ0n) is 17.1. The minimum absolute atomic E-state index is 0.0275. The molecule has 2 aliphatic heterocycles. The van der Waals surface area contributed by atoms with E-state index in [0.29, 0.717) is 31.8 Å². The fourth-order valence-electron chi connectivity index (χ4n) is 4.68. The molecule has 0 unspecified atom stereocenters. The number of likely N-dealkylation sites (tertiary alicyclic amines) is 1. The van der Waals surface area contributed by atoms with Gasteiger partial charge in [0, 0.05) is 29.4 Å². The van der Waals surface area contributed by atoms with Gasteiger partial charge >= 0.3 is 0 Å². The summed E-state index contributed by atoms with van der Waals surface area (Å²) in [6.45, 7) is 2.24. The van der Waals surface area contributed by atoms with Gasteiger partial charge in [-0.25, -0.2) is 0 Å². The molecule has 2 amide bonds. The van der Waals surface area contributed by atoms with E-state index in [2.05, 4.69) is 12.1 Å². The van der Waals surface area contributed by atoms with Crippen molar-refractivity contribution in [3.05, 3.63) is 94.2 Å². The van der Waals surface area contributed by atoms with E-state index in [1.54, 1.807) is 16.2 Å². The lowest BCUT2D eigenvalue weighted by Gasteiger charge is -2.42. The fraction of sp³-hybridized carbons (Fsp3) is 0.280. The van der Waals surface area contributed by atoms with E-state index >= 15 is 0 Å². The summed E-state index contributed by atoms with van der Waals surface area (Å²) < 4.78 is 6.29. The molecular formula is C25H24N2O3S. The summed E-state index contributed by atoms with van der Waals surface area (Å²) in [5.74, 6) is -0.215. The highest BCUT2D eigenvalue weighted by Gasteiger charge is 2.58. The number of rotatable bonds is 4. The highest BCUT2D eigenvalue weighted by atomic mass is 32.1. The van der Waals surface area contributed by atoms with Crippen LogP contribution in [0.5, 0.6) is 0 Å². The van der Waals surface area contributed by atoms with Crippen LogP contribution in [0.3, 0.4) is 0 Å². The van der Waals surface area contributed by atoms with Gasteiger partial charge in [-0.15, -0.1) is 11.3 Å². The van der Waals surface area contributed by atoms with Gasteiger partial charge in [-0.2, -0.15) is 0 Å². The molecule has 158 valence electrons. The maximum absolute atomic E-state index is 13.8. The molecule has 0 bridgehead atoms. The molecule has 0 aliphatic carbocycles. The van der Waals surface area contributed by atoms with Crippen LogP contribution in [0.4, 0.5) is 0 Å². The van der Waals surface area contributed by atoms with Crippen LogP contribution in [0.2, 0.25) is 0 Å². The number of hydrogen-bond donors (Lipinski definition) is 0. The molecule has 5 nitrogen and oxygen atoms in total. The van der Waals surface area contributed by atoms with Crippen molar-refractivity contribution < 1.29 is 14.3 Å². The summed E-state index contributed by atoms with van der Waals surface area (Å²) in [5.41, 5.74) is 0.650. The Labute approximate surface area is 185 Å². The van der Waals surface area contributed by atoms with Gasteiger partial charge in [0.15, 0.2) is 5.60 Å². The molecule has 0 saturated carbocycles. The highest BCUT2D eigenvalue weighted by Crippen LogP contribution is 2.43. The van der Waals surface area contributed by atoms with E-state index in [1.165, 1.54) is 0 Å². The van der Waals surface area contributed by atoms with Gasteiger partial charge in [-0.05, 0) is 29.1 Å².